The summed E-state index contributed by atoms with van der Waals surface area (Å²) >= 11 is 1.51. The second-order valence-corrected chi connectivity index (χ2v) is 4.94. The van der Waals surface area contributed by atoms with Crippen LogP contribution in [0.3, 0.4) is 0 Å². The highest BCUT2D eigenvalue weighted by molar-refractivity contribution is 7.10. The summed E-state index contributed by atoms with van der Waals surface area (Å²) in [6, 6.07) is 7.85. The van der Waals surface area contributed by atoms with Crippen LogP contribution in [0.25, 0.3) is 6.08 Å². The summed E-state index contributed by atoms with van der Waals surface area (Å²) in [5, 5.41) is 1.91. The molecule has 0 unspecified atom stereocenters. The summed E-state index contributed by atoms with van der Waals surface area (Å²) in [5.41, 5.74) is 0.335. The molecule has 1 aromatic heterocycles. The maximum atomic E-state index is 12.2. The minimum absolute atomic E-state index is 0.0886. The second-order valence-electron chi connectivity index (χ2n) is 3.96. The number of ketones is 1. The zero-order chi connectivity index (χ0) is 15.2. The standard InChI is InChI=1S/C15H12F2O3S/c1-19-14-9-10(4-7-13(14)20-15(16)17)12(18)6-5-11-3-2-8-21-11/h2-9,15H,1H3. The van der Waals surface area contributed by atoms with Crippen LogP contribution in [0.5, 0.6) is 11.5 Å². The molecule has 1 aromatic carbocycles. The molecule has 0 aliphatic rings. The molecule has 0 radical (unpaired) electrons. The molecule has 0 fully saturated rings. The van der Waals surface area contributed by atoms with Gasteiger partial charge in [-0.3, -0.25) is 4.79 Å². The number of alkyl halides is 2. The number of thiophene rings is 1. The number of ether oxygens (including phenoxy) is 2. The highest BCUT2D eigenvalue weighted by Gasteiger charge is 2.13. The first kappa shape index (κ1) is 15.2. The predicted molar refractivity (Wildman–Crippen MR) is 77.3 cm³/mol. The van der Waals surface area contributed by atoms with Crippen molar-refractivity contribution < 1.29 is 23.0 Å². The summed E-state index contributed by atoms with van der Waals surface area (Å²) in [6.07, 6.45) is 3.12. The summed E-state index contributed by atoms with van der Waals surface area (Å²) in [7, 11) is 1.32. The fourth-order valence-corrected chi connectivity index (χ4v) is 2.27. The number of benzene rings is 1. The van der Waals surface area contributed by atoms with E-state index in [1.807, 2.05) is 17.5 Å². The molecule has 0 aliphatic carbocycles. The molecule has 0 saturated carbocycles. The minimum atomic E-state index is -2.95. The molecule has 2 aromatic rings. The molecule has 6 heteroatoms. The molecule has 0 saturated heterocycles. The van der Waals surface area contributed by atoms with Crippen LogP contribution in [0.4, 0.5) is 8.78 Å². The largest absolute Gasteiger partial charge is 0.493 e. The fraction of sp³-hybridized carbons (Fsp3) is 0.133. The van der Waals surface area contributed by atoms with Crippen molar-refractivity contribution in [2.75, 3.05) is 7.11 Å². The van der Waals surface area contributed by atoms with Gasteiger partial charge in [-0.1, -0.05) is 6.07 Å². The van der Waals surface area contributed by atoms with E-state index in [0.717, 1.165) is 4.88 Å². The SMILES string of the molecule is COc1cc(C(=O)C=Cc2cccs2)ccc1OC(F)F. The highest BCUT2D eigenvalue weighted by atomic mass is 32.1. The first-order valence-electron chi connectivity index (χ1n) is 5.99. The van der Waals surface area contributed by atoms with Crippen molar-refractivity contribution in [2.45, 2.75) is 6.61 Å². The van der Waals surface area contributed by atoms with Gasteiger partial charge >= 0.3 is 6.61 Å². The zero-order valence-electron chi connectivity index (χ0n) is 11.1. The van der Waals surface area contributed by atoms with Gasteiger partial charge in [0.1, 0.15) is 0 Å². The van der Waals surface area contributed by atoms with Crippen LogP contribution < -0.4 is 9.47 Å². The molecule has 0 aliphatic heterocycles. The van der Waals surface area contributed by atoms with Gasteiger partial charge in [0.15, 0.2) is 17.3 Å². The van der Waals surface area contributed by atoms with E-state index in [9.17, 15) is 13.6 Å². The molecule has 2 rings (SSSR count). The van der Waals surface area contributed by atoms with Crippen LogP contribution in [-0.2, 0) is 0 Å². The smallest absolute Gasteiger partial charge is 0.387 e. The first-order chi connectivity index (χ1) is 10.1. The maximum Gasteiger partial charge on any atom is 0.387 e. The van der Waals surface area contributed by atoms with Crippen LogP contribution in [0.2, 0.25) is 0 Å². The molecule has 0 bridgehead atoms. The predicted octanol–water partition coefficient (Wildman–Crippen LogP) is 4.25. The fourth-order valence-electron chi connectivity index (χ4n) is 1.65. The van der Waals surface area contributed by atoms with E-state index in [-0.39, 0.29) is 17.3 Å². The monoisotopic (exact) mass is 310 g/mol. The average Bonchev–Trinajstić information content (AvgIpc) is 2.98. The Hall–Kier alpha value is -2.21. The van der Waals surface area contributed by atoms with Crippen molar-refractivity contribution in [1.82, 2.24) is 0 Å². The number of methoxy groups -OCH3 is 1. The van der Waals surface area contributed by atoms with Gasteiger partial charge in [0.05, 0.1) is 7.11 Å². The molecular weight excluding hydrogens is 298 g/mol. The molecule has 0 N–H and O–H groups in total. The van der Waals surface area contributed by atoms with Gasteiger partial charge in [0.2, 0.25) is 0 Å². The van der Waals surface area contributed by atoms with Crippen LogP contribution in [0.15, 0.2) is 41.8 Å². The second kappa shape index (κ2) is 6.99. The molecule has 3 nitrogen and oxygen atoms in total. The van der Waals surface area contributed by atoms with Crippen molar-refractivity contribution in [3.8, 4) is 11.5 Å². The van der Waals surface area contributed by atoms with E-state index in [2.05, 4.69) is 4.74 Å². The Balaban J connectivity index is 2.18. The summed E-state index contributed by atoms with van der Waals surface area (Å²) < 4.78 is 33.7. The third kappa shape index (κ3) is 4.13. The van der Waals surface area contributed by atoms with Gasteiger partial charge in [-0.15, -0.1) is 11.3 Å². The van der Waals surface area contributed by atoms with Crippen LogP contribution in [0, 0.1) is 0 Å². The number of carbonyl (C=O) groups is 1. The van der Waals surface area contributed by atoms with Gasteiger partial charge in [0.25, 0.3) is 0 Å². The molecular formula is C15H12F2O3S. The highest BCUT2D eigenvalue weighted by Crippen LogP contribution is 2.29. The van der Waals surface area contributed by atoms with Gasteiger partial charge < -0.3 is 9.47 Å². The Morgan fingerprint density at radius 1 is 1.29 bits per heavy atom. The lowest BCUT2D eigenvalue weighted by Gasteiger charge is -2.10. The molecule has 110 valence electrons. The van der Waals surface area contributed by atoms with Crippen molar-refractivity contribution in [3.63, 3.8) is 0 Å². The Morgan fingerprint density at radius 2 is 2.10 bits per heavy atom. The first-order valence-corrected chi connectivity index (χ1v) is 6.87. The third-order valence-corrected chi connectivity index (χ3v) is 3.44. The van der Waals surface area contributed by atoms with Crippen LogP contribution in [0.1, 0.15) is 15.2 Å². The molecule has 21 heavy (non-hydrogen) atoms. The summed E-state index contributed by atoms with van der Waals surface area (Å²) in [5.74, 6) is -0.262. The van der Waals surface area contributed by atoms with E-state index < -0.39 is 6.61 Å². The molecule has 1 heterocycles. The normalized spacial score (nSPS) is 11.0. The maximum absolute atomic E-state index is 12.2. The third-order valence-electron chi connectivity index (χ3n) is 2.61. The Morgan fingerprint density at radius 3 is 2.71 bits per heavy atom. The van der Waals surface area contributed by atoms with E-state index in [0.29, 0.717) is 5.56 Å². The number of hydrogen-bond acceptors (Lipinski definition) is 4. The summed E-state index contributed by atoms with van der Waals surface area (Å²) in [6.45, 7) is -2.95. The van der Waals surface area contributed by atoms with Crippen LogP contribution >= 0.6 is 11.3 Å². The van der Waals surface area contributed by atoms with Gasteiger partial charge in [-0.25, -0.2) is 0 Å². The van der Waals surface area contributed by atoms with Crippen molar-refractivity contribution in [1.29, 1.82) is 0 Å². The minimum Gasteiger partial charge on any atom is -0.493 e. The van der Waals surface area contributed by atoms with Gasteiger partial charge in [-0.2, -0.15) is 8.78 Å². The van der Waals surface area contributed by atoms with E-state index in [1.54, 1.807) is 6.08 Å². The number of hydrogen-bond donors (Lipinski definition) is 0. The lowest BCUT2D eigenvalue weighted by Crippen LogP contribution is -2.04. The van der Waals surface area contributed by atoms with Crippen molar-refractivity contribution >= 4 is 23.2 Å². The van der Waals surface area contributed by atoms with Crippen LogP contribution in [-0.4, -0.2) is 19.5 Å². The Kier molecular flexibility index (Phi) is 5.05. The summed E-state index contributed by atoms with van der Waals surface area (Å²) in [4.78, 5) is 13.0. The quantitative estimate of drug-likeness (QED) is 0.591. The molecule has 0 amide bonds. The number of rotatable bonds is 6. The van der Waals surface area contributed by atoms with Gasteiger partial charge in [-0.05, 0) is 41.8 Å². The zero-order valence-corrected chi connectivity index (χ0v) is 11.9. The number of allylic oxidation sites excluding steroid dienone is 1. The lowest BCUT2D eigenvalue weighted by atomic mass is 10.1. The lowest BCUT2D eigenvalue weighted by molar-refractivity contribution is -0.0512. The Bertz CT molecular complexity index is 636. The average molecular weight is 310 g/mol. The van der Waals surface area contributed by atoms with E-state index >= 15 is 0 Å². The topological polar surface area (TPSA) is 35.5 Å². The molecule has 0 atom stereocenters. The molecule has 0 spiro atoms. The van der Waals surface area contributed by atoms with Crippen molar-refractivity contribution in [2.24, 2.45) is 0 Å². The number of carbonyl (C=O) groups excluding carboxylic acids is 1. The van der Waals surface area contributed by atoms with Gasteiger partial charge in [0, 0.05) is 10.4 Å². The van der Waals surface area contributed by atoms with Crippen molar-refractivity contribution in [3.05, 3.63) is 52.2 Å². The van der Waals surface area contributed by atoms with E-state index in [1.165, 1.54) is 42.7 Å². The number of halogens is 2. The van der Waals surface area contributed by atoms with E-state index in [4.69, 9.17) is 4.74 Å². The Labute approximate surface area is 124 Å².